The van der Waals surface area contributed by atoms with E-state index in [-0.39, 0.29) is 12.2 Å². The Morgan fingerprint density at radius 1 is 1.33 bits per heavy atom. The second kappa shape index (κ2) is 4.89. The van der Waals surface area contributed by atoms with E-state index in [1.807, 2.05) is 30.3 Å². The van der Waals surface area contributed by atoms with Crippen LogP contribution in [0, 0.1) is 0 Å². The maximum absolute atomic E-state index is 11.4. The minimum atomic E-state index is -0.932. The lowest BCUT2D eigenvalue weighted by Gasteiger charge is -2.13. The Morgan fingerprint density at radius 3 is 2.47 bits per heavy atom. The third-order valence-electron chi connectivity index (χ3n) is 1.87. The summed E-state index contributed by atoms with van der Waals surface area (Å²) in [5.41, 5.74) is 0.0552. The molecule has 0 spiro atoms. The van der Waals surface area contributed by atoms with Gasteiger partial charge in [-0.15, -0.1) is 0 Å². The number of rotatable bonds is 4. The molecule has 1 rings (SSSR count). The number of aliphatic hydroxyl groups is 1. The van der Waals surface area contributed by atoms with Gasteiger partial charge in [-0.3, -0.25) is 4.79 Å². The van der Waals surface area contributed by atoms with Crippen molar-refractivity contribution in [1.29, 1.82) is 0 Å². The van der Waals surface area contributed by atoms with Gasteiger partial charge in [0.1, 0.15) is 0 Å². The summed E-state index contributed by atoms with van der Waals surface area (Å²) in [5, 5.41) is 9.43. The number of ketones is 1. The highest BCUT2D eigenvalue weighted by Crippen LogP contribution is 2.09. The number of allylic oxidation sites excluding steroid dienone is 1. The minimum Gasteiger partial charge on any atom is -0.390 e. The van der Waals surface area contributed by atoms with Crippen molar-refractivity contribution >= 4 is 11.9 Å². The van der Waals surface area contributed by atoms with Crippen LogP contribution in [0.5, 0.6) is 0 Å². The Morgan fingerprint density at radius 2 is 1.93 bits per heavy atom. The zero-order valence-electron chi connectivity index (χ0n) is 9.10. The average Bonchev–Trinajstić information content (AvgIpc) is 2.14. The fourth-order valence-electron chi connectivity index (χ4n) is 1.24. The van der Waals surface area contributed by atoms with Crippen LogP contribution in [0.25, 0.3) is 6.08 Å². The molecule has 0 amide bonds. The quantitative estimate of drug-likeness (QED) is 0.765. The van der Waals surface area contributed by atoms with E-state index in [2.05, 4.69) is 0 Å². The first-order chi connectivity index (χ1) is 6.97. The van der Waals surface area contributed by atoms with Crippen molar-refractivity contribution in [2.24, 2.45) is 0 Å². The largest absolute Gasteiger partial charge is 0.390 e. The molecule has 1 aromatic rings. The number of carbonyl (C=O) groups excluding carboxylic acids is 1. The van der Waals surface area contributed by atoms with Gasteiger partial charge in [0.05, 0.1) is 5.60 Å². The third-order valence-corrected chi connectivity index (χ3v) is 1.87. The van der Waals surface area contributed by atoms with Crippen LogP contribution in [0.1, 0.15) is 25.8 Å². The zero-order chi connectivity index (χ0) is 11.3. The van der Waals surface area contributed by atoms with Gasteiger partial charge in [0, 0.05) is 6.42 Å². The molecule has 0 aliphatic heterocycles. The van der Waals surface area contributed by atoms with Crippen molar-refractivity contribution in [2.75, 3.05) is 0 Å². The van der Waals surface area contributed by atoms with Crippen LogP contribution in [0.15, 0.2) is 36.4 Å². The van der Waals surface area contributed by atoms with Gasteiger partial charge in [-0.25, -0.2) is 0 Å². The van der Waals surface area contributed by atoms with Crippen LogP contribution in [0.4, 0.5) is 0 Å². The molecule has 0 fully saturated rings. The normalized spacial score (nSPS) is 11.9. The first kappa shape index (κ1) is 11.7. The molecule has 0 unspecified atom stereocenters. The molecule has 0 heterocycles. The van der Waals surface area contributed by atoms with E-state index in [1.165, 1.54) is 6.08 Å². The van der Waals surface area contributed by atoms with Crippen molar-refractivity contribution in [3.8, 4) is 0 Å². The molecule has 0 saturated heterocycles. The van der Waals surface area contributed by atoms with Crippen LogP contribution in [0.3, 0.4) is 0 Å². The number of hydrogen-bond donors (Lipinski definition) is 1. The summed E-state index contributed by atoms with van der Waals surface area (Å²) < 4.78 is 0. The fourth-order valence-corrected chi connectivity index (χ4v) is 1.24. The van der Waals surface area contributed by atoms with Crippen molar-refractivity contribution < 1.29 is 9.90 Å². The van der Waals surface area contributed by atoms with Gasteiger partial charge in [-0.1, -0.05) is 36.4 Å². The summed E-state index contributed by atoms with van der Waals surface area (Å²) in [4.78, 5) is 11.4. The molecule has 0 radical (unpaired) electrons. The van der Waals surface area contributed by atoms with Gasteiger partial charge in [-0.2, -0.15) is 0 Å². The fraction of sp³-hybridized carbons (Fsp3) is 0.308. The smallest absolute Gasteiger partial charge is 0.158 e. The molecule has 0 aromatic heterocycles. The van der Waals surface area contributed by atoms with E-state index < -0.39 is 5.60 Å². The van der Waals surface area contributed by atoms with Crippen LogP contribution < -0.4 is 0 Å². The van der Waals surface area contributed by atoms with Crippen molar-refractivity contribution in [1.82, 2.24) is 0 Å². The molecular weight excluding hydrogens is 188 g/mol. The molecule has 0 atom stereocenters. The average molecular weight is 204 g/mol. The maximum Gasteiger partial charge on any atom is 0.158 e. The van der Waals surface area contributed by atoms with E-state index in [1.54, 1.807) is 19.9 Å². The lowest BCUT2D eigenvalue weighted by atomic mass is 10.0. The predicted octanol–water partition coefficient (Wildman–Crippen LogP) is 2.43. The minimum absolute atomic E-state index is 0.0636. The van der Waals surface area contributed by atoms with Gasteiger partial charge in [0.15, 0.2) is 5.78 Å². The lowest BCUT2D eigenvalue weighted by Crippen LogP contribution is -2.22. The molecule has 80 valence electrons. The van der Waals surface area contributed by atoms with Gasteiger partial charge >= 0.3 is 0 Å². The van der Waals surface area contributed by atoms with Gasteiger partial charge in [-0.05, 0) is 25.5 Å². The molecule has 0 aliphatic carbocycles. The second-order valence-electron chi connectivity index (χ2n) is 4.20. The summed E-state index contributed by atoms with van der Waals surface area (Å²) >= 11 is 0. The van der Waals surface area contributed by atoms with E-state index >= 15 is 0 Å². The maximum atomic E-state index is 11.4. The number of carbonyl (C=O) groups is 1. The van der Waals surface area contributed by atoms with Gasteiger partial charge in [0.25, 0.3) is 0 Å². The van der Waals surface area contributed by atoms with Crippen LogP contribution in [-0.2, 0) is 4.79 Å². The summed E-state index contributed by atoms with van der Waals surface area (Å²) in [6, 6.07) is 9.61. The molecule has 1 aromatic carbocycles. The molecule has 0 bridgehead atoms. The molecule has 2 heteroatoms. The third kappa shape index (κ3) is 5.13. The molecule has 0 aliphatic rings. The predicted molar refractivity (Wildman–Crippen MR) is 61.4 cm³/mol. The second-order valence-corrected chi connectivity index (χ2v) is 4.20. The number of hydrogen-bond acceptors (Lipinski definition) is 2. The molecule has 2 nitrogen and oxygen atoms in total. The Balaban J connectivity index is 2.56. The summed E-state index contributed by atoms with van der Waals surface area (Å²) in [6.45, 7) is 3.25. The van der Waals surface area contributed by atoms with Gasteiger partial charge < -0.3 is 5.11 Å². The SMILES string of the molecule is CC(C)(O)CC(=O)/C=C/c1ccccc1. The molecular formula is C13H16O2. The van der Waals surface area contributed by atoms with Crippen LogP contribution in [0.2, 0.25) is 0 Å². The summed E-state index contributed by atoms with van der Waals surface area (Å²) in [7, 11) is 0. The topological polar surface area (TPSA) is 37.3 Å². The highest BCUT2D eigenvalue weighted by atomic mass is 16.3. The van der Waals surface area contributed by atoms with Crippen LogP contribution in [-0.4, -0.2) is 16.5 Å². The first-order valence-electron chi connectivity index (χ1n) is 4.96. The molecule has 1 N–H and O–H groups in total. The number of benzene rings is 1. The van der Waals surface area contributed by atoms with E-state index in [4.69, 9.17) is 0 Å². The highest BCUT2D eigenvalue weighted by Gasteiger charge is 2.15. The molecule has 15 heavy (non-hydrogen) atoms. The van der Waals surface area contributed by atoms with Crippen molar-refractivity contribution in [3.63, 3.8) is 0 Å². The molecule has 0 saturated carbocycles. The Labute approximate surface area is 90.3 Å². The summed E-state index contributed by atoms with van der Waals surface area (Å²) in [6.07, 6.45) is 3.41. The van der Waals surface area contributed by atoms with Crippen molar-refractivity contribution in [2.45, 2.75) is 25.9 Å². The van der Waals surface area contributed by atoms with Gasteiger partial charge in [0.2, 0.25) is 0 Å². The van der Waals surface area contributed by atoms with E-state index in [9.17, 15) is 9.90 Å². The lowest BCUT2D eigenvalue weighted by molar-refractivity contribution is -0.118. The van der Waals surface area contributed by atoms with Crippen molar-refractivity contribution in [3.05, 3.63) is 42.0 Å². The monoisotopic (exact) mass is 204 g/mol. The zero-order valence-corrected chi connectivity index (χ0v) is 9.10. The standard InChI is InChI=1S/C13H16O2/c1-13(2,15)10-12(14)9-8-11-6-4-3-5-7-11/h3-9,15H,10H2,1-2H3/b9-8+. The van der Waals surface area contributed by atoms with E-state index in [0.717, 1.165) is 5.56 Å². The van der Waals surface area contributed by atoms with E-state index in [0.29, 0.717) is 0 Å². The first-order valence-corrected chi connectivity index (χ1v) is 4.96. The summed E-state index contributed by atoms with van der Waals surface area (Å²) in [5.74, 6) is -0.0636. The highest BCUT2D eigenvalue weighted by molar-refractivity contribution is 5.94. The Kier molecular flexibility index (Phi) is 3.81. The Hall–Kier alpha value is -1.41. The Bertz CT molecular complexity index is 345. The van der Waals surface area contributed by atoms with Crippen LogP contribution >= 0.6 is 0 Å².